The van der Waals surface area contributed by atoms with Crippen LogP contribution < -0.4 is 0 Å². The summed E-state index contributed by atoms with van der Waals surface area (Å²) in [7, 11) is 0. The first-order chi connectivity index (χ1) is 8.21. The highest BCUT2D eigenvalue weighted by atomic mass is 14.7. The number of hydrogen-bond donors (Lipinski definition) is 0. The molecule has 0 amide bonds. The predicted octanol–water partition coefficient (Wildman–Crippen LogP) is 5.45. The summed E-state index contributed by atoms with van der Waals surface area (Å²) in [5.74, 6) is 0. The van der Waals surface area contributed by atoms with Crippen LogP contribution in [0.15, 0.2) is 41.1 Å². The minimum absolute atomic E-state index is 0.944. The zero-order valence-corrected chi connectivity index (χ0v) is 11.8. The number of aliphatic imine (C=N–C) groups is 1. The van der Waals surface area contributed by atoms with Crippen LogP contribution in [0.4, 0.5) is 0 Å². The van der Waals surface area contributed by atoms with Gasteiger partial charge in [0.05, 0.1) is 5.70 Å². The molecule has 0 rings (SSSR count). The number of allylic oxidation sites excluding steroid dienone is 3. The molecule has 0 saturated heterocycles. The lowest BCUT2D eigenvalue weighted by Crippen LogP contribution is -1.95. The van der Waals surface area contributed by atoms with Gasteiger partial charge in [-0.15, -0.1) is 6.58 Å². The van der Waals surface area contributed by atoms with E-state index in [0.717, 1.165) is 37.8 Å². The molecule has 0 unspecified atom stereocenters. The molecule has 0 bridgehead atoms. The maximum Gasteiger partial charge on any atom is 0.0585 e. The lowest BCUT2D eigenvalue weighted by Gasteiger charge is -2.13. The molecule has 0 saturated carbocycles. The van der Waals surface area contributed by atoms with Crippen molar-refractivity contribution in [3.8, 4) is 0 Å². The van der Waals surface area contributed by atoms with Crippen LogP contribution in [-0.2, 0) is 0 Å². The van der Waals surface area contributed by atoms with E-state index in [-0.39, 0.29) is 0 Å². The van der Waals surface area contributed by atoms with E-state index >= 15 is 0 Å². The summed E-state index contributed by atoms with van der Waals surface area (Å²) in [6.45, 7) is 14.4. The van der Waals surface area contributed by atoms with Crippen LogP contribution in [0.25, 0.3) is 0 Å². The third kappa shape index (κ3) is 6.25. The quantitative estimate of drug-likeness (QED) is 0.285. The minimum Gasteiger partial charge on any atom is -0.262 e. The fourth-order valence-electron chi connectivity index (χ4n) is 1.89. The Bertz CT molecular complexity index is 295. The monoisotopic (exact) mass is 233 g/mol. The summed E-state index contributed by atoms with van der Waals surface area (Å²) in [4.78, 5) is 4.44. The number of rotatable bonds is 9. The molecular formula is C16H27N. The van der Waals surface area contributed by atoms with Crippen molar-refractivity contribution in [1.29, 1.82) is 0 Å². The molecule has 0 fully saturated rings. The minimum atomic E-state index is 0.944. The highest BCUT2D eigenvalue weighted by Gasteiger charge is 2.07. The Morgan fingerprint density at radius 3 is 2.35 bits per heavy atom. The van der Waals surface area contributed by atoms with Gasteiger partial charge in [0.1, 0.15) is 0 Å². The van der Waals surface area contributed by atoms with Gasteiger partial charge in [0, 0.05) is 6.21 Å². The van der Waals surface area contributed by atoms with E-state index in [1.165, 1.54) is 17.6 Å². The first-order valence-electron chi connectivity index (χ1n) is 6.74. The molecule has 0 heterocycles. The number of hydrogen-bond acceptors (Lipinski definition) is 1. The van der Waals surface area contributed by atoms with E-state index in [1.807, 2.05) is 12.3 Å². The molecule has 0 aliphatic carbocycles. The van der Waals surface area contributed by atoms with E-state index in [0.29, 0.717) is 0 Å². The molecule has 96 valence electrons. The van der Waals surface area contributed by atoms with Gasteiger partial charge >= 0.3 is 0 Å². The van der Waals surface area contributed by atoms with Gasteiger partial charge in [-0.05, 0) is 37.7 Å². The lowest BCUT2D eigenvalue weighted by atomic mass is 9.95. The van der Waals surface area contributed by atoms with E-state index in [2.05, 4.69) is 38.9 Å². The van der Waals surface area contributed by atoms with Crippen molar-refractivity contribution in [1.82, 2.24) is 0 Å². The normalized spacial score (nSPS) is 12.6. The summed E-state index contributed by atoms with van der Waals surface area (Å²) in [6.07, 6.45) is 10.3. The second kappa shape index (κ2) is 10.1. The molecule has 0 aromatic heterocycles. The summed E-state index contributed by atoms with van der Waals surface area (Å²) in [5.41, 5.74) is 3.80. The van der Waals surface area contributed by atoms with Crippen molar-refractivity contribution in [2.75, 3.05) is 0 Å². The van der Waals surface area contributed by atoms with Crippen molar-refractivity contribution in [3.63, 3.8) is 0 Å². The molecule has 0 spiro atoms. The fourth-order valence-corrected chi connectivity index (χ4v) is 1.89. The van der Waals surface area contributed by atoms with Gasteiger partial charge in [0.25, 0.3) is 0 Å². The zero-order valence-electron chi connectivity index (χ0n) is 11.8. The average Bonchev–Trinajstić information content (AvgIpc) is 2.35. The highest BCUT2D eigenvalue weighted by molar-refractivity contribution is 5.59. The van der Waals surface area contributed by atoms with Crippen molar-refractivity contribution >= 4 is 6.21 Å². The van der Waals surface area contributed by atoms with E-state index in [4.69, 9.17) is 0 Å². The van der Waals surface area contributed by atoms with Crippen LogP contribution in [-0.4, -0.2) is 6.21 Å². The maximum atomic E-state index is 4.44. The Morgan fingerprint density at radius 2 is 1.88 bits per heavy atom. The van der Waals surface area contributed by atoms with E-state index < -0.39 is 0 Å². The second-order valence-corrected chi connectivity index (χ2v) is 4.18. The van der Waals surface area contributed by atoms with E-state index in [9.17, 15) is 0 Å². The van der Waals surface area contributed by atoms with Crippen molar-refractivity contribution in [3.05, 3.63) is 36.1 Å². The van der Waals surface area contributed by atoms with Crippen LogP contribution >= 0.6 is 0 Å². The summed E-state index contributed by atoms with van der Waals surface area (Å²) in [5, 5.41) is 0. The molecule has 0 N–H and O–H groups in total. The molecule has 1 heteroatoms. The van der Waals surface area contributed by atoms with E-state index in [1.54, 1.807) is 0 Å². The summed E-state index contributed by atoms with van der Waals surface area (Å²) >= 11 is 0. The van der Waals surface area contributed by atoms with Gasteiger partial charge in [0.15, 0.2) is 0 Å². The van der Waals surface area contributed by atoms with Crippen molar-refractivity contribution < 1.29 is 0 Å². The second-order valence-electron chi connectivity index (χ2n) is 4.18. The Kier molecular flexibility index (Phi) is 9.41. The van der Waals surface area contributed by atoms with Gasteiger partial charge in [-0.25, -0.2) is 0 Å². The van der Waals surface area contributed by atoms with Crippen molar-refractivity contribution in [2.45, 2.75) is 59.3 Å². The first kappa shape index (κ1) is 15.9. The highest BCUT2D eigenvalue weighted by Crippen LogP contribution is 2.25. The topological polar surface area (TPSA) is 12.4 Å². The molecule has 1 nitrogen and oxygen atoms in total. The first-order valence-corrected chi connectivity index (χ1v) is 6.74. The smallest absolute Gasteiger partial charge is 0.0585 e. The van der Waals surface area contributed by atoms with Gasteiger partial charge in [-0.1, -0.05) is 45.4 Å². The SMILES string of the molecule is C=CCC/C(C(=C)/N=C\CC)=C(/CC)CCC. The van der Waals surface area contributed by atoms with Gasteiger partial charge in [0.2, 0.25) is 0 Å². The molecule has 0 aromatic rings. The van der Waals surface area contributed by atoms with Crippen LogP contribution in [0.1, 0.15) is 59.3 Å². The van der Waals surface area contributed by atoms with Gasteiger partial charge in [-0.3, -0.25) is 4.99 Å². The summed E-state index contributed by atoms with van der Waals surface area (Å²) in [6, 6.07) is 0. The molecule has 0 aliphatic rings. The molecule has 17 heavy (non-hydrogen) atoms. The molecule has 0 aliphatic heterocycles. The third-order valence-electron chi connectivity index (χ3n) is 2.78. The molecule has 0 radical (unpaired) electrons. The van der Waals surface area contributed by atoms with Gasteiger partial charge < -0.3 is 0 Å². The van der Waals surface area contributed by atoms with Crippen molar-refractivity contribution in [2.24, 2.45) is 4.99 Å². The lowest BCUT2D eigenvalue weighted by molar-refractivity contribution is 0.819. The van der Waals surface area contributed by atoms with Crippen LogP contribution in [0.3, 0.4) is 0 Å². The Labute approximate surface area is 107 Å². The van der Waals surface area contributed by atoms with Gasteiger partial charge in [-0.2, -0.15) is 0 Å². The third-order valence-corrected chi connectivity index (χ3v) is 2.78. The molecular weight excluding hydrogens is 206 g/mol. The standard InChI is InChI=1S/C16H27N/c1-6-10-12-16(14(5)17-13-8-3)15(9-4)11-7-2/h6,13H,1,5,7-12H2,2-4H3/b16-15+,17-13-. The zero-order chi connectivity index (χ0) is 13.1. The molecule has 0 atom stereocenters. The Balaban J connectivity index is 4.99. The largest absolute Gasteiger partial charge is 0.262 e. The maximum absolute atomic E-state index is 4.44. The van der Waals surface area contributed by atoms with Crippen LogP contribution in [0, 0.1) is 0 Å². The molecule has 0 aromatic carbocycles. The number of nitrogens with zero attached hydrogens (tertiary/aromatic N) is 1. The van der Waals surface area contributed by atoms with Crippen LogP contribution in [0.2, 0.25) is 0 Å². The Morgan fingerprint density at radius 1 is 1.18 bits per heavy atom. The Hall–Kier alpha value is -1.11. The summed E-state index contributed by atoms with van der Waals surface area (Å²) < 4.78 is 0. The fraction of sp³-hybridized carbons (Fsp3) is 0.562. The average molecular weight is 233 g/mol. The predicted molar refractivity (Wildman–Crippen MR) is 79.6 cm³/mol. The van der Waals surface area contributed by atoms with Crippen LogP contribution in [0.5, 0.6) is 0 Å².